The minimum absolute atomic E-state index is 0.102. The smallest absolute Gasteiger partial charge is 0.0826 e. The van der Waals surface area contributed by atoms with Gasteiger partial charge >= 0.3 is 0 Å². The standard InChI is InChI=1S/C14H22N2O2/c1-16-5-6-18-14(10-16)9-15-8-12-3-2-4-13(7-12)11-17/h2-4,7,14-15,17H,5-6,8-11H2,1H3. The average molecular weight is 250 g/mol. The molecule has 1 fully saturated rings. The first kappa shape index (κ1) is 13.5. The summed E-state index contributed by atoms with van der Waals surface area (Å²) in [6, 6.07) is 8.01. The van der Waals surface area contributed by atoms with Crippen LogP contribution in [0.3, 0.4) is 0 Å². The second-order valence-electron chi connectivity index (χ2n) is 4.86. The predicted molar refractivity (Wildman–Crippen MR) is 71.3 cm³/mol. The highest BCUT2D eigenvalue weighted by Crippen LogP contribution is 2.06. The molecular weight excluding hydrogens is 228 g/mol. The number of hydrogen-bond acceptors (Lipinski definition) is 4. The van der Waals surface area contributed by atoms with E-state index < -0.39 is 0 Å². The molecule has 1 aromatic rings. The first-order valence-electron chi connectivity index (χ1n) is 6.47. The maximum atomic E-state index is 9.07. The van der Waals surface area contributed by atoms with Crippen molar-refractivity contribution in [2.24, 2.45) is 0 Å². The largest absolute Gasteiger partial charge is 0.392 e. The number of rotatable bonds is 5. The van der Waals surface area contributed by atoms with Gasteiger partial charge in [0.25, 0.3) is 0 Å². The van der Waals surface area contributed by atoms with Crippen LogP contribution in [-0.4, -0.2) is 49.4 Å². The van der Waals surface area contributed by atoms with Crippen LogP contribution < -0.4 is 5.32 Å². The number of aliphatic hydroxyl groups excluding tert-OH is 1. The van der Waals surface area contributed by atoms with Gasteiger partial charge in [-0.3, -0.25) is 0 Å². The highest BCUT2D eigenvalue weighted by atomic mass is 16.5. The van der Waals surface area contributed by atoms with Gasteiger partial charge in [0, 0.05) is 26.2 Å². The van der Waals surface area contributed by atoms with Gasteiger partial charge in [-0.05, 0) is 18.2 Å². The van der Waals surface area contributed by atoms with E-state index in [1.54, 1.807) is 0 Å². The number of benzene rings is 1. The highest BCUT2D eigenvalue weighted by molar-refractivity contribution is 5.22. The van der Waals surface area contributed by atoms with Crippen molar-refractivity contribution in [2.75, 3.05) is 33.3 Å². The van der Waals surface area contributed by atoms with E-state index >= 15 is 0 Å². The minimum Gasteiger partial charge on any atom is -0.392 e. The SMILES string of the molecule is CN1CCOC(CNCc2cccc(CO)c2)C1. The summed E-state index contributed by atoms with van der Waals surface area (Å²) in [7, 11) is 2.13. The van der Waals surface area contributed by atoms with E-state index in [1.165, 1.54) is 5.56 Å². The van der Waals surface area contributed by atoms with Crippen LogP contribution in [0.2, 0.25) is 0 Å². The van der Waals surface area contributed by atoms with Crippen LogP contribution >= 0.6 is 0 Å². The van der Waals surface area contributed by atoms with Crippen molar-refractivity contribution in [3.8, 4) is 0 Å². The Bertz CT molecular complexity index is 371. The molecule has 1 atom stereocenters. The van der Waals surface area contributed by atoms with Crippen molar-refractivity contribution in [3.05, 3.63) is 35.4 Å². The molecule has 0 radical (unpaired) electrons. The molecule has 1 saturated heterocycles. The Balaban J connectivity index is 1.74. The van der Waals surface area contributed by atoms with Gasteiger partial charge in [-0.2, -0.15) is 0 Å². The van der Waals surface area contributed by atoms with Crippen LogP contribution in [0.25, 0.3) is 0 Å². The van der Waals surface area contributed by atoms with Gasteiger partial charge in [0.1, 0.15) is 0 Å². The van der Waals surface area contributed by atoms with Gasteiger partial charge in [-0.25, -0.2) is 0 Å². The molecule has 2 N–H and O–H groups in total. The molecule has 0 bridgehead atoms. The van der Waals surface area contributed by atoms with Crippen molar-refractivity contribution in [1.29, 1.82) is 0 Å². The summed E-state index contributed by atoms with van der Waals surface area (Å²) in [6.07, 6.45) is 0.282. The van der Waals surface area contributed by atoms with Crippen LogP contribution in [0.15, 0.2) is 24.3 Å². The van der Waals surface area contributed by atoms with E-state index in [-0.39, 0.29) is 12.7 Å². The maximum absolute atomic E-state index is 9.07. The molecule has 4 heteroatoms. The van der Waals surface area contributed by atoms with Crippen LogP contribution in [0, 0.1) is 0 Å². The Morgan fingerprint density at radius 2 is 2.28 bits per heavy atom. The first-order chi connectivity index (χ1) is 8.78. The minimum atomic E-state index is 0.102. The Kier molecular flexibility index (Phi) is 5.13. The Morgan fingerprint density at radius 3 is 3.06 bits per heavy atom. The summed E-state index contributed by atoms with van der Waals surface area (Å²) in [4.78, 5) is 2.29. The van der Waals surface area contributed by atoms with Crippen molar-refractivity contribution in [3.63, 3.8) is 0 Å². The molecule has 1 heterocycles. The molecule has 0 saturated carbocycles. The van der Waals surface area contributed by atoms with Crippen LogP contribution in [0.4, 0.5) is 0 Å². The molecule has 2 rings (SSSR count). The summed E-state index contributed by atoms with van der Waals surface area (Å²) in [5.74, 6) is 0. The van der Waals surface area contributed by atoms with E-state index in [9.17, 15) is 0 Å². The van der Waals surface area contributed by atoms with Gasteiger partial charge in [0.2, 0.25) is 0 Å². The molecule has 1 aliphatic heterocycles. The second-order valence-corrected chi connectivity index (χ2v) is 4.86. The maximum Gasteiger partial charge on any atom is 0.0826 e. The van der Waals surface area contributed by atoms with Crippen LogP contribution in [-0.2, 0) is 17.9 Å². The number of nitrogens with zero attached hydrogens (tertiary/aromatic N) is 1. The van der Waals surface area contributed by atoms with Crippen molar-refractivity contribution >= 4 is 0 Å². The molecular formula is C14H22N2O2. The van der Waals surface area contributed by atoms with E-state index in [4.69, 9.17) is 9.84 Å². The van der Waals surface area contributed by atoms with Crippen molar-refractivity contribution < 1.29 is 9.84 Å². The van der Waals surface area contributed by atoms with Gasteiger partial charge in [0.05, 0.1) is 19.3 Å². The predicted octanol–water partition coefficient (Wildman–Crippen LogP) is 0.599. The summed E-state index contributed by atoms with van der Waals surface area (Å²) in [5.41, 5.74) is 2.16. The van der Waals surface area contributed by atoms with E-state index in [2.05, 4.69) is 23.3 Å². The van der Waals surface area contributed by atoms with Gasteiger partial charge in [-0.1, -0.05) is 24.3 Å². The number of aliphatic hydroxyl groups is 1. The Labute approximate surface area is 109 Å². The van der Waals surface area contributed by atoms with Crippen molar-refractivity contribution in [1.82, 2.24) is 10.2 Å². The fraction of sp³-hybridized carbons (Fsp3) is 0.571. The second kappa shape index (κ2) is 6.85. The number of hydrogen-bond donors (Lipinski definition) is 2. The molecule has 0 amide bonds. The normalized spacial score (nSPS) is 21.1. The third kappa shape index (κ3) is 4.07. The fourth-order valence-corrected chi connectivity index (χ4v) is 2.21. The summed E-state index contributed by atoms with van der Waals surface area (Å²) < 4.78 is 5.69. The Morgan fingerprint density at radius 1 is 1.44 bits per heavy atom. The van der Waals surface area contributed by atoms with Crippen molar-refractivity contribution in [2.45, 2.75) is 19.3 Å². The summed E-state index contributed by atoms with van der Waals surface area (Å²) >= 11 is 0. The molecule has 1 unspecified atom stereocenters. The topological polar surface area (TPSA) is 44.7 Å². The lowest BCUT2D eigenvalue weighted by Gasteiger charge is -2.30. The third-order valence-electron chi connectivity index (χ3n) is 3.22. The molecule has 1 aromatic carbocycles. The third-order valence-corrected chi connectivity index (χ3v) is 3.22. The summed E-state index contributed by atoms with van der Waals surface area (Å²) in [5, 5.41) is 12.5. The molecule has 0 aromatic heterocycles. The number of nitrogens with one attached hydrogen (secondary N) is 1. The monoisotopic (exact) mass is 250 g/mol. The number of ether oxygens (including phenoxy) is 1. The molecule has 1 aliphatic rings. The lowest BCUT2D eigenvalue weighted by atomic mass is 10.1. The zero-order valence-electron chi connectivity index (χ0n) is 10.9. The van der Waals surface area contributed by atoms with E-state index in [1.807, 2.05) is 18.2 Å². The van der Waals surface area contributed by atoms with Gasteiger partial charge < -0.3 is 20.1 Å². The highest BCUT2D eigenvalue weighted by Gasteiger charge is 2.16. The van der Waals surface area contributed by atoms with Gasteiger partial charge in [-0.15, -0.1) is 0 Å². The van der Waals surface area contributed by atoms with Gasteiger partial charge in [0.15, 0.2) is 0 Å². The average Bonchev–Trinajstić information content (AvgIpc) is 2.39. The lowest BCUT2D eigenvalue weighted by molar-refractivity contribution is -0.0182. The lowest BCUT2D eigenvalue weighted by Crippen LogP contribution is -2.44. The zero-order chi connectivity index (χ0) is 12.8. The first-order valence-corrected chi connectivity index (χ1v) is 6.47. The molecule has 18 heavy (non-hydrogen) atoms. The number of morpholine rings is 1. The van der Waals surface area contributed by atoms with E-state index in [0.717, 1.165) is 38.3 Å². The Hall–Kier alpha value is -0.940. The van der Waals surface area contributed by atoms with E-state index in [0.29, 0.717) is 0 Å². The number of likely N-dealkylation sites (N-methyl/N-ethyl adjacent to an activating group) is 1. The van der Waals surface area contributed by atoms with Crippen LogP contribution in [0.5, 0.6) is 0 Å². The van der Waals surface area contributed by atoms with Crippen LogP contribution in [0.1, 0.15) is 11.1 Å². The molecule has 4 nitrogen and oxygen atoms in total. The quantitative estimate of drug-likeness (QED) is 0.803. The molecule has 0 aliphatic carbocycles. The molecule has 100 valence electrons. The molecule has 0 spiro atoms. The fourth-order valence-electron chi connectivity index (χ4n) is 2.21. The zero-order valence-corrected chi connectivity index (χ0v) is 10.9. The summed E-state index contributed by atoms with van der Waals surface area (Å²) in [6.45, 7) is 4.62.